The fourth-order valence-electron chi connectivity index (χ4n) is 2.37. The molecule has 0 fully saturated rings. The molecule has 1 unspecified atom stereocenters. The number of carbonyl (C=O) groups is 2. The first-order valence-electron chi connectivity index (χ1n) is 8.71. The first kappa shape index (κ1) is 23.2. The molecule has 0 aromatic heterocycles. The van der Waals surface area contributed by atoms with Gasteiger partial charge in [-0.1, -0.05) is 12.1 Å². The van der Waals surface area contributed by atoms with Crippen LogP contribution in [0.25, 0.3) is 0 Å². The molecule has 0 aliphatic carbocycles. The number of carbonyl (C=O) groups excluding carboxylic acids is 2. The second kappa shape index (κ2) is 10.1. The van der Waals surface area contributed by atoms with Crippen molar-refractivity contribution in [3.63, 3.8) is 0 Å². The van der Waals surface area contributed by atoms with Crippen molar-refractivity contribution in [2.45, 2.75) is 31.0 Å². The van der Waals surface area contributed by atoms with Crippen molar-refractivity contribution in [3.05, 3.63) is 59.7 Å². The highest BCUT2D eigenvalue weighted by Crippen LogP contribution is 2.16. The average Bonchev–Trinajstić information content (AvgIpc) is 2.67. The van der Waals surface area contributed by atoms with E-state index in [9.17, 15) is 26.8 Å². The first-order chi connectivity index (χ1) is 14.1. The third-order valence-corrected chi connectivity index (χ3v) is 4.86. The van der Waals surface area contributed by atoms with Crippen LogP contribution < -0.4 is 15.2 Å². The van der Waals surface area contributed by atoms with Gasteiger partial charge in [-0.2, -0.15) is 8.78 Å². The SMILES string of the molecule is CC(OC(=O)c1ccc(OC(F)F)cc1)C(=O)NCCc1ccc(S(N)(=O)=O)cc1. The van der Waals surface area contributed by atoms with Crippen LogP contribution in [0.2, 0.25) is 0 Å². The molecule has 0 bridgehead atoms. The van der Waals surface area contributed by atoms with Gasteiger partial charge in [-0.3, -0.25) is 4.79 Å². The summed E-state index contributed by atoms with van der Waals surface area (Å²) >= 11 is 0. The summed E-state index contributed by atoms with van der Waals surface area (Å²) in [6, 6.07) is 10.8. The number of hydrogen-bond acceptors (Lipinski definition) is 6. The van der Waals surface area contributed by atoms with E-state index in [0.29, 0.717) is 6.42 Å². The number of hydrogen-bond donors (Lipinski definition) is 2. The molecule has 2 rings (SSSR count). The molecule has 0 spiro atoms. The van der Waals surface area contributed by atoms with Gasteiger partial charge in [-0.25, -0.2) is 18.4 Å². The van der Waals surface area contributed by atoms with Gasteiger partial charge in [0.15, 0.2) is 6.10 Å². The summed E-state index contributed by atoms with van der Waals surface area (Å²) in [6.07, 6.45) is -0.664. The molecule has 2 aromatic carbocycles. The van der Waals surface area contributed by atoms with Crippen LogP contribution in [0.15, 0.2) is 53.4 Å². The van der Waals surface area contributed by atoms with E-state index in [1.54, 1.807) is 12.1 Å². The Balaban J connectivity index is 1.80. The van der Waals surface area contributed by atoms with Crippen LogP contribution in [0.4, 0.5) is 8.78 Å². The van der Waals surface area contributed by atoms with Gasteiger partial charge in [0.2, 0.25) is 10.0 Å². The minimum absolute atomic E-state index is 0.00961. The maximum Gasteiger partial charge on any atom is 0.387 e. The number of nitrogens with one attached hydrogen (secondary N) is 1. The van der Waals surface area contributed by atoms with E-state index in [0.717, 1.165) is 5.56 Å². The molecule has 0 heterocycles. The second-order valence-electron chi connectivity index (χ2n) is 6.18. The summed E-state index contributed by atoms with van der Waals surface area (Å²) in [5.74, 6) is -1.42. The van der Waals surface area contributed by atoms with Gasteiger partial charge >= 0.3 is 12.6 Å². The maximum absolute atomic E-state index is 12.1. The Morgan fingerprint density at radius 1 is 1.07 bits per heavy atom. The predicted molar refractivity (Wildman–Crippen MR) is 102 cm³/mol. The molecule has 8 nitrogen and oxygen atoms in total. The first-order valence-corrected chi connectivity index (χ1v) is 10.3. The lowest BCUT2D eigenvalue weighted by molar-refractivity contribution is -0.129. The smallest absolute Gasteiger partial charge is 0.387 e. The minimum Gasteiger partial charge on any atom is -0.449 e. The standard InChI is InChI=1S/C19H20F2N2O6S/c1-12(28-18(25)14-4-6-15(7-5-14)29-19(20)21)17(24)23-11-10-13-2-8-16(9-3-13)30(22,26)27/h2-9,12,19H,10-11H2,1H3,(H,23,24)(H2,22,26,27). The largest absolute Gasteiger partial charge is 0.449 e. The summed E-state index contributed by atoms with van der Waals surface area (Å²) in [5.41, 5.74) is 0.852. The molecule has 1 amide bonds. The van der Waals surface area contributed by atoms with E-state index in [1.807, 2.05) is 0 Å². The molecule has 0 aliphatic rings. The highest BCUT2D eigenvalue weighted by molar-refractivity contribution is 7.89. The van der Waals surface area contributed by atoms with Crippen LogP contribution in [0, 0.1) is 0 Å². The number of rotatable bonds is 9. The van der Waals surface area contributed by atoms with Crippen LogP contribution in [0.3, 0.4) is 0 Å². The van der Waals surface area contributed by atoms with Crippen LogP contribution in [-0.4, -0.2) is 39.6 Å². The highest BCUT2D eigenvalue weighted by Gasteiger charge is 2.19. The fourth-order valence-corrected chi connectivity index (χ4v) is 2.89. The number of primary sulfonamides is 1. The molecule has 2 aromatic rings. The fraction of sp³-hybridized carbons (Fsp3) is 0.263. The Hall–Kier alpha value is -3.05. The zero-order valence-electron chi connectivity index (χ0n) is 15.9. The van der Waals surface area contributed by atoms with Gasteiger partial charge in [0.25, 0.3) is 5.91 Å². The maximum atomic E-state index is 12.1. The summed E-state index contributed by atoms with van der Waals surface area (Å²) in [7, 11) is -3.77. The number of benzene rings is 2. The second-order valence-corrected chi connectivity index (χ2v) is 7.74. The summed E-state index contributed by atoms with van der Waals surface area (Å²) in [6.45, 7) is -1.35. The molecule has 0 aliphatic heterocycles. The Morgan fingerprint density at radius 2 is 1.67 bits per heavy atom. The van der Waals surface area contributed by atoms with Crippen LogP contribution in [0.1, 0.15) is 22.8 Å². The molecule has 1 atom stereocenters. The lowest BCUT2D eigenvalue weighted by Gasteiger charge is -2.14. The summed E-state index contributed by atoms with van der Waals surface area (Å²) < 4.78 is 55.9. The predicted octanol–water partition coefficient (Wildman–Crippen LogP) is 1.84. The van der Waals surface area contributed by atoms with E-state index in [4.69, 9.17) is 9.88 Å². The number of halogens is 2. The van der Waals surface area contributed by atoms with Crippen molar-refractivity contribution >= 4 is 21.9 Å². The van der Waals surface area contributed by atoms with Gasteiger partial charge in [0, 0.05) is 6.54 Å². The van der Waals surface area contributed by atoms with Gasteiger partial charge in [0.1, 0.15) is 5.75 Å². The third kappa shape index (κ3) is 7.08. The summed E-state index contributed by atoms with van der Waals surface area (Å²) in [5, 5.41) is 7.63. The van der Waals surface area contributed by atoms with Gasteiger partial charge in [-0.05, 0) is 55.3 Å². The molecule has 30 heavy (non-hydrogen) atoms. The number of alkyl halides is 2. The molecule has 11 heteroatoms. The van der Waals surface area contributed by atoms with Crippen molar-refractivity contribution in [3.8, 4) is 5.75 Å². The normalized spacial score (nSPS) is 12.3. The molecular weight excluding hydrogens is 422 g/mol. The molecule has 0 saturated carbocycles. The van der Waals surface area contributed by atoms with Crippen molar-refractivity contribution < 1.29 is 36.3 Å². The number of sulfonamides is 1. The quantitative estimate of drug-likeness (QED) is 0.571. The monoisotopic (exact) mass is 442 g/mol. The molecule has 0 saturated heterocycles. The highest BCUT2D eigenvalue weighted by atomic mass is 32.2. The number of amides is 1. The van der Waals surface area contributed by atoms with E-state index in [-0.39, 0.29) is 22.8 Å². The van der Waals surface area contributed by atoms with Crippen molar-refractivity contribution in [2.75, 3.05) is 6.54 Å². The van der Waals surface area contributed by atoms with Crippen molar-refractivity contribution in [1.29, 1.82) is 0 Å². The molecular formula is C19H20F2N2O6S. The molecule has 0 radical (unpaired) electrons. The van der Waals surface area contributed by atoms with Gasteiger partial charge < -0.3 is 14.8 Å². The topological polar surface area (TPSA) is 125 Å². The lowest BCUT2D eigenvalue weighted by Crippen LogP contribution is -2.36. The Kier molecular flexibility index (Phi) is 7.84. The third-order valence-electron chi connectivity index (χ3n) is 3.93. The minimum atomic E-state index is -3.77. The van der Waals surface area contributed by atoms with E-state index in [1.165, 1.54) is 43.3 Å². The molecule has 3 N–H and O–H groups in total. The number of nitrogens with two attached hydrogens (primary N) is 1. The van der Waals surface area contributed by atoms with Crippen molar-refractivity contribution in [2.24, 2.45) is 5.14 Å². The van der Waals surface area contributed by atoms with E-state index < -0.39 is 34.6 Å². The van der Waals surface area contributed by atoms with Crippen LogP contribution >= 0.6 is 0 Å². The number of ether oxygens (including phenoxy) is 2. The Bertz CT molecular complexity index is 979. The number of esters is 1. The lowest BCUT2D eigenvalue weighted by atomic mass is 10.1. The van der Waals surface area contributed by atoms with Crippen LogP contribution in [-0.2, 0) is 26.0 Å². The summed E-state index contributed by atoms with van der Waals surface area (Å²) in [4.78, 5) is 24.1. The zero-order chi connectivity index (χ0) is 22.3. The Labute approximate surface area is 172 Å². The molecule has 162 valence electrons. The van der Waals surface area contributed by atoms with E-state index in [2.05, 4.69) is 10.1 Å². The average molecular weight is 442 g/mol. The van der Waals surface area contributed by atoms with Crippen molar-refractivity contribution in [1.82, 2.24) is 5.32 Å². The Morgan fingerprint density at radius 3 is 2.20 bits per heavy atom. The van der Waals surface area contributed by atoms with Gasteiger partial charge in [-0.15, -0.1) is 0 Å². The van der Waals surface area contributed by atoms with E-state index >= 15 is 0 Å². The van der Waals surface area contributed by atoms with Crippen LogP contribution in [0.5, 0.6) is 5.75 Å². The van der Waals surface area contributed by atoms with Gasteiger partial charge in [0.05, 0.1) is 10.5 Å². The zero-order valence-corrected chi connectivity index (χ0v) is 16.7.